The molecule has 172 valence electrons. The highest BCUT2D eigenvalue weighted by Gasteiger charge is 2.22. The van der Waals surface area contributed by atoms with Crippen molar-refractivity contribution in [1.82, 2.24) is 0 Å². The molecule has 0 spiro atoms. The van der Waals surface area contributed by atoms with E-state index in [1.165, 1.54) is 35.5 Å². The number of carbonyl (C=O) groups is 1. The molecule has 2 aromatic rings. The molecule has 0 saturated carbocycles. The maximum Gasteiger partial charge on any atom is 0.342 e. The predicted octanol–water partition coefficient (Wildman–Crippen LogP) is 4.89. The van der Waals surface area contributed by atoms with Gasteiger partial charge in [0.05, 0.1) is 35.5 Å². The number of phenols is 1. The average Bonchev–Trinajstić information content (AvgIpc) is 2.79. The summed E-state index contributed by atoms with van der Waals surface area (Å²) in [6.07, 6.45) is 5.82. The molecule has 0 saturated heterocycles. The van der Waals surface area contributed by atoms with Gasteiger partial charge in [-0.2, -0.15) is 0 Å². The highest BCUT2D eigenvalue weighted by molar-refractivity contribution is 5.98. The highest BCUT2D eigenvalue weighted by atomic mass is 16.5. The fourth-order valence-electron chi connectivity index (χ4n) is 3.22. The first-order chi connectivity index (χ1) is 15.3. The Balaban J connectivity index is 2.64. The Morgan fingerprint density at radius 1 is 0.875 bits per heavy atom. The number of carbonyl (C=O) groups excluding carboxylic acids is 1. The molecule has 7 heteroatoms. The molecule has 0 bridgehead atoms. The molecule has 2 rings (SSSR count). The van der Waals surface area contributed by atoms with Crippen LogP contribution >= 0.6 is 0 Å². The van der Waals surface area contributed by atoms with Crippen LogP contribution in [0.2, 0.25) is 0 Å². The van der Waals surface area contributed by atoms with Crippen molar-refractivity contribution >= 4 is 18.1 Å². The second kappa shape index (κ2) is 11.1. The Bertz CT molecular complexity index is 1010. The molecule has 7 nitrogen and oxygen atoms in total. The first-order valence-electron chi connectivity index (χ1n) is 9.93. The van der Waals surface area contributed by atoms with Crippen molar-refractivity contribution < 1.29 is 33.6 Å². The lowest BCUT2D eigenvalue weighted by atomic mass is 9.97. The van der Waals surface area contributed by atoms with Gasteiger partial charge in [0.15, 0.2) is 11.5 Å². The fraction of sp³-hybridized carbons (Fsp3) is 0.320. The van der Waals surface area contributed by atoms with Crippen LogP contribution in [0.5, 0.6) is 28.7 Å². The number of benzene rings is 2. The minimum atomic E-state index is -0.645. The molecule has 0 fully saturated rings. The van der Waals surface area contributed by atoms with E-state index in [0.29, 0.717) is 40.5 Å². The monoisotopic (exact) mass is 442 g/mol. The summed E-state index contributed by atoms with van der Waals surface area (Å²) < 4.78 is 26.5. The number of hydrogen-bond acceptors (Lipinski definition) is 7. The summed E-state index contributed by atoms with van der Waals surface area (Å²) in [5, 5.41) is 10.9. The Kier molecular flexibility index (Phi) is 8.58. The summed E-state index contributed by atoms with van der Waals surface area (Å²) in [5.74, 6) is 1.13. The quantitative estimate of drug-likeness (QED) is 0.336. The van der Waals surface area contributed by atoms with Gasteiger partial charge in [-0.25, -0.2) is 4.79 Å². The smallest absolute Gasteiger partial charge is 0.342 e. The normalized spacial score (nSPS) is 10.6. The molecule has 0 aliphatic heterocycles. The summed E-state index contributed by atoms with van der Waals surface area (Å²) >= 11 is 0. The van der Waals surface area contributed by atoms with Crippen molar-refractivity contribution in [2.24, 2.45) is 0 Å². The van der Waals surface area contributed by atoms with Gasteiger partial charge in [-0.15, -0.1) is 0 Å². The van der Waals surface area contributed by atoms with Crippen molar-refractivity contribution in [3.8, 4) is 28.7 Å². The fourth-order valence-corrected chi connectivity index (χ4v) is 3.22. The molecule has 0 unspecified atom stereocenters. The molecule has 0 atom stereocenters. The van der Waals surface area contributed by atoms with Crippen molar-refractivity contribution in [2.75, 3.05) is 35.5 Å². The van der Waals surface area contributed by atoms with Crippen molar-refractivity contribution in [1.29, 1.82) is 0 Å². The standard InChI is InChI=1S/C25H30O7/c1-15(2)8-11-18-19(28-3)14-17(22(23(18)26)25(27)32-7)10-9-16-12-20(29-4)24(31-6)21(13-16)30-5/h8-10,12-14,26H,11H2,1-7H3/b10-9+. The number of ether oxygens (including phenoxy) is 5. The molecule has 1 N–H and O–H groups in total. The van der Waals surface area contributed by atoms with Crippen molar-refractivity contribution in [2.45, 2.75) is 20.3 Å². The summed E-state index contributed by atoms with van der Waals surface area (Å²) in [4.78, 5) is 12.5. The summed E-state index contributed by atoms with van der Waals surface area (Å²) in [6, 6.07) is 5.25. The lowest BCUT2D eigenvalue weighted by Crippen LogP contribution is -2.07. The topological polar surface area (TPSA) is 83.5 Å². The first-order valence-corrected chi connectivity index (χ1v) is 9.93. The Hall–Kier alpha value is -3.61. The van der Waals surface area contributed by atoms with E-state index in [1.807, 2.05) is 19.9 Å². The zero-order valence-corrected chi connectivity index (χ0v) is 19.6. The third-order valence-corrected chi connectivity index (χ3v) is 4.86. The van der Waals surface area contributed by atoms with Crippen LogP contribution in [-0.2, 0) is 11.2 Å². The maximum atomic E-state index is 12.5. The van der Waals surface area contributed by atoms with Crippen LogP contribution in [0.25, 0.3) is 12.2 Å². The average molecular weight is 443 g/mol. The van der Waals surface area contributed by atoms with E-state index in [9.17, 15) is 9.90 Å². The lowest BCUT2D eigenvalue weighted by Gasteiger charge is -2.15. The van der Waals surface area contributed by atoms with Gasteiger partial charge in [0.1, 0.15) is 17.1 Å². The molecular weight excluding hydrogens is 412 g/mol. The van der Waals surface area contributed by atoms with Gasteiger partial charge in [0, 0.05) is 5.56 Å². The predicted molar refractivity (Wildman–Crippen MR) is 124 cm³/mol. The second-order valence-electron chi connectivity index (χ2n) is 7.14. The summed E-state index contributed by atoms with van der Waals surface area (Å²) in [7, 11) is 7.40. The van der Waals surface area contributed by atoms with Gasteiger partial charge in [0.25, 0.3) is 0 Å². The van der Waals surface area contributed by atoms with Crippen LogP contribution in [0.1, 0.15) is 40.9 Å². The van der Waals surface area contributed by atoms with Crippen molar-refractivity contribution in [3.63, 3.8) is 0 Å². The van der Waals surface area contributed by atoms with E-state index in [0.717, 1.165) is 11.1 Å². The molecule has 0 aromatic heterocycles. The van der Waals surface area contributed by atoms with Crippen LogP contribution in [0.4, 0.5) is 0 Å². The molecule has 0 aliphatic rings. The maximum absolute atomic E-state index is 12.5. The summed E-state index contributed by atoms with van der Waals surface area (Å²) in [6.45, 7) is 3.92. The zero-order chi connectivity index (χ0) is 23.8. The molecule has 2 aromatic carbocycles. The molecular formula is C25H30O7. The number of methoxy groups -OCH3 is 5. The van der Waals surface area contributed by atoms with Gasteiger partial charge in [0.2, 0.25) is 5.75 Å². The number of esters is 1. The lowest BCUT2D eigenvalue weighted by molar-refractivity contribution is 0.0597. The largest absolute Gasteiger partial charge is 0.507 e. The summed E-state index contributed by atoms with van der Waals surface area (Å²) in [5.41, 5.74) is 2.84. The van der Waals surface area contributed by atoms with Gasteiger partial charge in [-0.3, -0.25) is 0 Å². The third kappa shape index (κ3) is 5.35. The van der Waals surface area contributed by atoms with E-state index in [1.54, 1.807) is 30.4 Å². The van der Waals surface area contributed by atoms with Gasteiger partial charge >= 0.3 is 5.97 Å². The van der Waals surface area contributed by atoms with Crippen LogP contribution in [0.3, 0.4) is 0 Å². The van der Waals surface area contributed by atoms with E-state index < -0.39 is 5.97 Å². The molecule has 0 amide bonds. The number of rotatable bonds is 9. The van der Waals surface area contributed by atoms with Gasteiger partial charge in [-0.1, -0.05) is 23.8 Å². The van der Waals surface area contributed by atoms with Gasteiger partial charge < -0.3 is 28.8 Å². The van der Waals surface area contributed by atoms with Crippen molar-refractivity contribution in [3.05, 3.63) is 52.1 Å². The SMILES string of the molecule is COC(=O)c1c(/C=C/c2cc(OC)c(OC)c(OC)c2)cc(OC)c(CC=C(C)C)c1O. The minimum absolute atomic E-state index is 0.0640. The Morgan fingerprint density at radius 2 is 1.47 bits per heavy atom. The first kappa shape index (κ1) is 24.7. The number of hydrogen-bond donors (Lipinski definition) is 1. The molecule has 32 heavy (non-hydrogen) atoms. The number of allylic oxidation sites excluding steroid dienone is 2. The number of aromatic hydroxyl groups is 1. The van der Waals surface area contributed by atoms with Crippen LogP contribution in [0.15, 0.2) is 29.8 Å². The Morgan fingerprint density at radius 3 is 1.94 bits per heavy atom. The minimum Gasteiger partial charge on any atom is -0.507 e. The van der Waals surface area contributed by atoms with Gasteiger partial charge in [-0.05, 0) is 49.6 Å². The van der Waals surface area contributed by atoms with E-state index >= 15 is 0 Å². The van der Waals surface area contributed by atoms with E-state index in [-0.39, 0.29) is 11.3 Å². The second-order valence-corrected chi connectivity index (χ2v) is 7.14. The molecule has 0 radical (unpaired) electrons. The highest BCUT2D eigenvalue weighted by Crippen LogP contribution is 2.40. The molecule has 0 heterocycles. The Labute approximate surface area is 188 Å². The van der Waals surface area contributed by atoms with E-state index in [4.69, 9.17) is 23.7 Å². The van der Waals surface area contributed by atoms with Crippen LogP contribution in [-0.4, -0.2) is 46.6 Å². The van der Waals surface area contributed by atoms with Crippen LogP contribution < -0.4 is 18.9 Å². The zero-order valence-electron chi connectivity index (χ0n) is 19.6. The van der Waals surface area contributed by atoms with Crippen LogP contribution in [0, 0.1) is 0 Å². The number of phenolic OH excluding ortho intramolecular Hbond substituents is 1. The van der Waals surface area contributed by atoms with E-state index in [2.05, 4.69) is 0 Å². The third-order valence-electron chi connectivity index (χ3n) is 4.86. The molecule has 0 aliphatic carbocycles.